The molecule has 0 amide bonds. The van der Waals surface area contributed by atoms with Gasteiger partial charge in [0.15, 0.2) is 0 Å². The molecule has 4 heteroatoms. The van der Waals surface area contributed by atoms with Gasteiger partial charge in [-0.3, -0.25) is 4.79 Å². The van der Waals surface area contributed by atoms with Crippen molar-refractivity contribution in [1.82, 2.24) is 0 Å². The second-order valence-electron chi connectivity index (χ2n) is 4.59. The highest BCUT2D eigenvalue weighted by Gasteiger charge is 2.09. The topological polar surface area (TPSA) is 52.3 Å². The third-order valence-electron chi connectivity index (χ3n) is 3.02. The molecule has 2 aromatic rings. The Morgan fingerprint density at radius 1 is 1.15 bits per heavy atom. The molecule has 104 valence electrons. The zero-order valence-electron chi connectivity index (χ0n) is 11.2. The molecule has 0 bridgehead atoms. The molecule has 2 N–H and O–H groups in total. The Morgan fingerprint density at radius 2 is 1.85 bits per heavy atom. The minimum atomic E-state index is 0.156. The molecule has 0 saturated carbocycles. The van der Waals surface area contributed by atoms with Gasteiger partial charge in [0, 0.05) is 23.0 Å². The van der Waals surface area contributed by atoms with E-state index in [2.05, 4.69) is 15.9 Å². The number of nitrogen functional groups attached to an aromatic ring is 1. The van der Waals surface area contributed by atoms with Crippen molar-refractivity contribution in [2.24, 2.45) is 0 Å². The van der Waals surface area contributed by atoms with E-state index in [9.17, 15) is 4.79 Å². The number of anilines is 1. The van der Waals surface area contributed by atoms with Crippen LogP contribution in [0.1, 0.15) is 11.1 Å². The largest absolute Gasteiger partial charge is 0.497 e. The molecule has 0 atom stereocenters. The average molecular weight is 334 g/mol. The van der Waals surface area contributed by atoms with E-state index in [1.807, 2.05) is 42.5 Å². The average Bonchev–Trinajstić information content (AvgIpc) is 2.44. The first-order valence-corrected chi connectivity index (χ1v) is 7.06. The lowest BCUT2D eigenvalue weighted by atomic mass is 10.0. The van der Waals surface area contributed by atoms with Gasteiger partial charge in [0.2, 0.25) is 0 Å². The summed E-state index contributed by atoms with van der Waals surface area (Å²) in [6.07, 6.45) is 0.784. The van der Waals surface area contributed by atoms with Gasteiger partial charge in [-0.25, -0.2) is 0 Å². The lowest BCUT2D eigenvalue weighted by molar-refractivity contribution is -0.117. The van der Waals surface area contributed by atoms with Crippen LogP contribution in [0.25, 0.3) is 0 Å². The third kappa shape index (κ3) is 3.84. The molecule has 20 heavy (non-hydrogen) atoms. The number of methoxy groups -OCH3 is 1. The summed E-state index contributed by atoms with van der Waals surface area (Å²) in [6, 6.07) is 13.0. The number of ketones is 1. The van der Waals surface area contributed by atoms with E-state index in [-0.39, 0.29) is 5.78 Å². The molecule has 0 spiro atoms. The highest BCUT2D eigenvalue weighted by Crippen LogP contribution is 2.23. The van der Waals surface area contributed by atoms with Gasteiger partial charge in [0.25, 0.3) is 0 Å². The maximum absolute atomic E-state index is 12.1. The number of ether oxygens (including phenoxy) is 1. The Kier molecular flexibility index (Phi) is 4.79. The first-order chi connectivity index (χ1) is 9.58. The van der Waals surface area contributed by atoms with Crippen molar-refractivity contribution in [3.63, 3.8) is 0 Å². The second kappa shape index (κ2) is 6.57. The summed E-state index contributed by atoms with van der Waals surface area (Å²) in [4.78, 5) is 12.1. The molecule has 2 rings (SSSR count). The molecule has 0 radical (unpaired) electrons. The minimum absolute atomic E-state index is 0.156. The lowest BCUT2D eigenvalue weighted by Crippen LogP contribution is -2.07. The number of hydrogen-bond donors (Lipinski definition) is 1. The van der Waals surface area contributed by atoms with Gasteiger partial charge in [-0.15, -0.1) is 0 Å². The Hall–Kier alpha value is -1.81. The van der Waals surface area contributed by atoms with Gasteiger partial charge < -0.3 is 10.5 Å². The first kappa shape index (κ1) is 14.6. The molecule has 0 aromatic heterocycles. The Labute approximate surface area is 126 Å². The van der Waals surface area contributed by atoms with Crippen molar-refractivity contribution < 1.29 is 9.53 Å². The molecular weight excluding hydrogens is 318 g/mol. The standard InChI is InChI=1S/C16H16BrNO2/c1-20-15-6-7-16(17)12(10-15)9-14(19)8-11-2-4-13(18)5-3-11/h2-7,10H,8-9,18H2,1H3. The lowest BCUT2D eigenvalue weighted by Gasteiger charge is -2.07. The molecule has 0 fully saturated rings. The number of hydrogen-bond acceptors (Lipinski definition) is 3. The molecule has 0 aliphatic rings. The number of carbonyl (C=O) groups excluding carboxylic acids is 1. The van der Waals surface area contributed by atoms with Crippen molar-refractivity contribution in [2.75, 3.05) is 12.8 Å². The molecule has 3 nitrogen and oxygen atoms in total. The van der Waals surface area contributed by atoms with Crippen LogP contribution in [0.15, 0.2) is 46.9 Å². The maximum Gasteiger partial charge on any atom is 0.141 e. The van der Waals surface area contributed by atoms with Gasteiger partial charge in [-0.1, -0.05) is 28.1 Å². The van der Waals surface area contributed by atoms with E-state index in [0.717, 1.165) is 21.3 Å². The Bertz CT molecular complexity index is 608. The smallest absolute Gasteiger partial charge is 0.141 e. The molecule has 2 aromatic carbocycles. The summed E-state index contributed by atoms with van der Waals surface area (Å²) < 4.78 is 6.10. The number of carbonyl (C=O) groups is 1. The number of rotatable bonds is 5. The third-order valence-corrected chi connectivity index (χ3v) is 3.80. The number of benzene rings is 2. The van der Waals surface area contributed by atoms with Crippen LogP contribution in [-0.4, -0.2) is 12.9 Å². The minimum Gasteiger partial charge on any atom is -0.497 e. The summed E-state index contributed by atoms with van der Waals surface area (Å²) >= 11 is 3.46. The molecule has 0 heterocycles. The Balaban J connectivity index is 2.06. The normalized spacial score (nSPS) is 10.3. The van der Waals surface area contributed by atoms with Gasteiger partial charge in [0.05, 0.1) is 7.11 Å². The van der Waals surface area contributed by atoms with Crippen LogP contribution >= 0.6 is 15.9 Å². The number of Topliss-reactive ketones (excluding diaryl/α,β-unsaturated/α-hetero) is 1. The molecule has 0 aliphatic heterocycles. The fraction of sp³-hybridized carbons (Fsp3) is 0.188. The molecular formula is C16H16BrNO2. The van der Waals surface area contributed by atoms with Gasteiger partial charge in [-0.2, -0.15) is 0 Å². The zero-order chi connectivity index (χ0) is 14.5. The van der Waals surface area contributed by atoms with Crippen LogP contribution in [-0.2, 0) is 17.6 Å². The second-order valence-corrected chi connectivity index (χ2v) is 5.45. The van der Waals surface area contributed by atoms with E-state index in [4.69, 9.17) is 10.5 Å². The zero-order valence-corrected chi connectivity index (χ0v) is 12.8. The number of nitrogens with two attached hydrogens (primary N) is 1. The van der Waals surface area contributed by atoms with Crippen LogP contribution in [0.2, 0.25) is 0 Å². The molecule has 0 unspecified atom stereocenters. The van der Waals surface area contributed by atoms with E-state index in [1.54, 1.807) is 7.11 Å². The van der Waals surface area contributed by atoms with Gasteiger partial charge >= 0.3 is 0 Å². The van der Waals surface area contributed by atoms with E-state index in [1.165, 1.54) is 0 Å². The predicted octanol–water partition coefficient (Wildman–Crippen LogP) is 3.39. The number of halogens is 1. The summed E-state index contributed by atoms with van der Waals surface area (Å²) in [6.45, 7) is 0. The van der Waals surface area contributed by atoms with Crippen molar-refractivity contribution in [3.8, 4) is 5.75 Å². The van der Waals surface area contributed by atoms with Crippen LogP contribution in [0.5, 0.6) is 5.75 Å². The highest BCUT2D eigenvalue weighted by atomic mass is 79.9. The quantitative estimate of drug-likeness (QED) is 0.853. The van der Waals surface area contributed by atoms with Crippen molar-refractivity contribution in [3.05, 3.63) is 58.1 Å². The SMILES string of the molecule is COc1ccc(Br)c(CC(=O)Cc2ccc(N)cc2)c1. The van der Waals surface area contributed by atoms with E-state index < -0.39 is 0 Å². The van der Waals surface area contributed by atoms with Crippen LogP contribution < -0.4 is 10.5 Å². The van der Waals surface area contributed by atoms with Gasteiger partial charge in [-0.05, 0) is 41.5 Å². The monoisotopic (exact) mass is 333 g/mol. The van der Waals surface area contributed by atoms with Crippen molar-refractivity contribution in [2.45, 2.75) is 12.8 Å². The predicted molar refractivity (Wildman–Crippen MR) is 84.0 cm³/mol. The highest BCUT2D eigenvalue weighted by molar-refractivity contribution is 9.10. The summed E-state index contributed by atoms with van der Waals surface area (Å²) in [5, 5.41) is 0. The summed E-state index contributed by atoms with van der Waals surface area (Å²) in [7, 11) is 1.61. The fourth-order valence-electron chi connectivity index (χ4n) is 1.95. The first-order valence-electron chi connectivity index (χ1n) is 6.27. The summed E-state index contributed by atoms with van der Waals surface area (Å²) in [5.74, 6) is 0.909. The van der Waals surface area contributed by atoms with Crippen molar-refractivity contribution >= 4 is 27.4 Å². The van der Waals surface area contributed by atoms with Crippen LogP contribution in [0.3, 0.4) is 0 Å². The summed E-state index contributed by atoms with van der Waals surface area (Å²) in [5.41, 5.74) is 8.24. The van der Waals surface area contributed by atoms with E-state index >= 15 is 0 Å². The fourth-order valence-corrected chi connectivity index (χ4v) is 2.34. The Morgan fingerprint density at radius 3 is 2.50 bits per heavy atom. The molecule has 0 saturated heterocycles. The maximum atomic E-state index is 12.1. The van der Waals surface area contributed by atoms with Crippen molar-refractivity contribution in [1.29, 1.82) is 0 Å². The van der Waals surface area contributed by atoms with Crippen LogP contribution in [0, 0.1) is 0 Å². The molecule has 0 aliphatic carbocycles. The van der Waals surface area contributed by atoms with E-state index in [0.29, 0.717) is 18.5 Å². The van der Waals surface area contributed by atoms with Crippen LogP contribution in [0.4, 0.5) is 5.69 Å². The van der Waals surface area contributed by atoms with Gasteiger partial charge in [0.1, 0.15) is 11.5 Å².